The average molecular weight is 292 g/mol. The lowest BCUT2D eigenvalue weighted by Gasteiger charge is -2.24. The second-order valence-electron chi connectivity index (χ2n) is 4.81. The Balaban J connectivity index is 3.58. The molecule has 1 atom stereocenters. The molecule has 116 valence electrons. The summed E-state index contributed by atoms with van der Waals surface area (Å²) >= 11 is 0. The molecule has 2 N–H and O–H groups in total. The van der Waals surface area contributed by atoms with Crippen molar-refractivity contribution in [3.8, 4) is 0 Å². The minimum Gasteiger partial charge on any atom is -0.377 e. The number of hydrogen-bond acceptors (Lipinski definition) is 5. The van der Waals surface area contributed by atoms with Crippen LogP contribution in [0.15, 0.2) is 0 Å². The van der Waals surface area contributed by atoms with Gasteiger partial charge in [-0.15, -0.1) is 0 Å². The van der Waals surface area contributed by atoms with Crippen LogP contribution in [0.3, 0.4) is 0 Å². The van der Waals surface area contributed by atoms with E-state index in [9.17, 15) is 0 Å². The second-order valence-corrected chi connectivity index (χ2v) is 7.90. The van der Waals surface area contributed by atoms with Crippen LogP contribution in [0, 0.1) is 0 Å². The maximum Gasteiger partial charge on any atom is 0.500 e. The monoisotopic (exact) mass is 292 g/mol. The third kappa shape index (κ3) is 8.72. The predicted octanol–water partition coefficient (Wildman–Crippen LogP) is 1.62. The topological polar surface area (TPSA) is 51.8 Å². The van der Waals surface area contributed by atoms with Crippen LogP contribution < -0.4 is 10.6 Å². The Labute approximate surface area is 119 Å². The summed E-state index contributed by atoms with van der Waals surface area (Å²) in [5.41, 5.74) is 0. The summed E-state index contributed by atoms with van der Waals surface area (Å²) in [5, 5.41) is 6.95. The van der Waals surface area contributed by atoms with Gasteiger partial charge >= 0.3 is 8.80 Å². The molecule has 19 heavy (non-hydrogen) atoms. The van der Waals surface area contributed by atoms with E-state index in [1.807, 2.05) is 0 Å². The Morgan fingerprint density at radius 2 is 1.63 bits per heavy atom. The highest BCUT2D eigenvalue weighted by atomic mass is 28.4. The van der Waals surface area contributed by atoms with E-state index in [0.717, 1.165) is 32.1 Å². The first-order valence-electron chi connectivity index (χ1n) is 7.23. The molecule has 0 aliphatic carbocycles. The van der Waals surface area contributed by atoms with Gasteiger partial charge in [-0.1, -0.05) is 13.3 Å². The van der Waals surface area contributed by atoms with Crippen molar-refractivity contribution in [3.05, 3.63) is 0 Å². The minimum absolute atomic E-state index is 0.515. The highest BCUT2D eigenvalue weighted by molar-refractivity contribution is 6.60. The molecule has 0 bridgehead atoms. The quantitative estimate of drug-likeness (QED) is 0.399. The molecule has 0 spiro atoms. The zero-order valence-corrected chi connectivity index (χ0v) is 14.3. The molecule has 0 aromatic heterocycles. The van der Waals surface area contributed by atoms with Crippen LogP contribution in [0.5, 0.6) is 0 Å². The van der Waals surface area contributed by atoms with Gasteiger partial charge in [0.1, 0.15) is 0 Å². The van der Waals surface area contributed by atoms with Gasteiger partial charge in [-0.05, 0) is 32.9 Å². The van der Waals surface area contributed by atoms with Gasteiger partial charge in [0.05, 0.1) is 0 Å². The molecule has 0 saturated heterocycles. The van der Waals surface area contributed by atoms with E-state index in [4.69, 9.17) is 13.3 Å². The van der Waals surface area contributed by atoms with Crippen molar-refractivity contribution in [1.29, 1.82) is 0 Å². The van der Waals surface area contributed by atoms with Crippen LogP contribution in [0.25, 0.3) is 0 Å². The van der Waals surface area contributed by atoms with Crippen molar-refractivity contribution in [2.75, 3.05) is 41.0 Å². The van der Waals surface area contributed by atoms with E-state index >= 15 is 0 Å². The maximum absolute atomic E-state index is 5.38. The highest BCUT2D eigenvalue weighted by Crippen LogP contribution is 2.14. The molecule has 0 amide bonds. The third-order valence-corrected chi connectivity index (χ3v) is 6.08. The van der Waals surface area contributed by atoms with E-state index in [2.05, 4.69) is 24.5 Å². The summed E-state index contributed by atoms with van der Waals surface area (Å²) < 4.78 is 16.2. The van der Waals surface area contributed by atoms with Crippen molar-refractivity contribution < 1.29 is 13.3 Å². The van der Waals surface area contributed by atoms with Gasteiger partial charge in [-0.3, -0.25) is 0 Å². The van der Waals surface area contributed by atoms with Crippen molar-refractivity contribution in [1.82, 2.24) is 10.6 Å². The lowest BCUT2D eigenvalue weighted by Crippen LogP contribution is -2.43. The molecule has 0 saturated carbocycles. The molecule has 0 heterocycles. The summed E-state index contributed by atoms with van der Waals surface area (Å²) in [7, 11) is 2.60. The SMILES string of the molecule is CCCCNC(C)CNCCC[Si](OC)(OC)OC. The van der Waals surface area contributed by atoms with Crippen LogP contribution in [-0.4, -0.2) is 55.8 Å². The lowest BCUT2D eigenvalue weighted by molar-refractivity contribution is 0.123. The molecular weight excluding hydrogens is 260 g/mol. The Morgan fingerprint density at radius 1 is 1.00 bits per heavy atom. The summed E-state index contributed by atoms with van der Waals surface area (Å²) in [5.74, 6) is 0. The van der Waals surface area contributed by atoms with Crippen molar-refractivity contribution >= 4 is 8.80 Å². The number of nitrogens with one attached hydrogen (secondary N) is 2. The Hall–Kier alpha value is 0.0169. The van der Waals surface area contributed by atoms with Gasteiger partial charge in [0, 0.05) is 40.0 Å². The van der Waals surface area contributed by atoms with E-state index in [0.29, 0.717) is 6.04 Å². The Bertz CT molecular complexity index is 196. The second kappa shape index (κ2) is 11.8. The maximum atomic E-state index is 5.38. The minimum atomic E-state index is -2.38. The van der Waals surface area contributed by atoms with Gasteiger partial charge < -0.3 is 23.9 Å². The molecule has 6 heteroatoms. The zero-order chi connectivity index (χ0) is 14.6. The average Bonchev–Trinajstić information content (AvgIpc) is 2.44. The molecule has 0 aliphatic heterocycles. The molecule has 0 radical (unpaired) electrons. The van der Waals surface area contributed by atoms with Crippen molar-refractivity contribution in [3.63, 3.8) is 0 Å². The van der Waals surface area contributed by atoms with E-state index in [1.54, 1.807) is 21.3 Å². The first kappa shape index (κ1) is 19.0. The summed E-state index contributed by atoms with van der Waals surface area (Å²) in [6, 6.07) is 1.36. The highest BCUT2D eigenvalue weighted by Gasteiger charge is 2.36. The molecule has 0 fully saturated rings. The van der Waals surface area contributed by atoms with Gasteiger partial charge in [-0.2, -0.15) is 0 Å². The molecule has 1 unspecified atom stereocenters. The zero-order valence-electron chi connectivity index (χ0n) is 13.3. The summed E-state index contributed by atoms with van der Waals surface area (Å²) in [6.45, 7) is 7.48. The van der Waals surface area contributed by atoms with Crippen LogP contribution >= 0.6 is 0 Å². The summed E-state index contributed by atoms with van der Waals surface area (Å²) in [4.78, 5) is 0. The molecule has 0 aromatic carbocycles. The van der Waals surface area contributed by atoms with E-state index in [1.165, 1.54) is 12.8 Å². The first-order valence-corrected chi connectivity index (χ1v) is 9.16. The fourth-order valence-electron chi connectivity index (χ4n) is 1.90. The fourth-order valence-corrected chi connectivity index (χ4v) is 3.62. The van der Waals surface area contributed by atoms with Crippen molar-refractivity contribution in [2.45, 2.75) is 45.2 Å². The number of unbranched alkanes of at least 4 members (excludes halogenated alkanes) is 1. The largest absolute Gasteiger partial charge is 0.500 e. The predicted molar refractivity (Wildman–Crippen MR) is 81.4 cm³/mol. The van der Waals surface area contributed by atoms with Gasteiger partial charge in [-0.25, -0.2) is 0 Å². The van der Waals surface area contributed by atoms with Gasteiger partial charge in [0.25, 0.3) is 0 Å². The normalized spacial score (nSPS) is 13.7. The standard InChI is InChI=1S/C13H32N2O3Si/c1-6-7-10-15-13(2)12-14-9-8-11-19(16-3,17-4)18-5/h13-15H,6-12H2,1-5H3. The van der Waals surface area contributed by atoms with Gasteiger partial charge in [0.2, 0.25) is 0 Å². The van der Waals surface area contributed by atoms with Crippen LogP contribution in [0.2, 0.25) is 6.04 Å². The molecule has 0 aromatic rings. The molecular formula is C13H32N2O3Si. The molecule has 5 nitrogen and oxygen atoms in total. The Kier molecular flexibility index (Phi) is 11.8. The summed E-state index contributed by atoms with van der Waals surface area (Å²) in [6.07, 6.45) is 3.49. The number of hydrogen-bond donors (Lipinski definition) is 2. The van der Waals surface area contributed by atoms with Crippen LogP contribution in [0.1, 0.15) is 33.1 Å². The third-order valence-electron chi connectivity index (χ3n) is 3.24. The smallest absolute Gasteiger partial charge is 0.377 e. The van der Waals surface area contributed by atoms with Crippen LogP contribution in [0.4, 0.5) is 0 Å². The van der Waals surface area contributed by atoms with Crippen molar-refractivity contribution in [2.24, 2.45) is 0 Å². The lowest BCUT2D eigenvalue weighted by atomic mass is 10.3. The first-order chi connectivity index (χ1) is 9.14. The Morgan fingerprint density at radius 3 is 2.16 bits per heavy atom. The fraction of sp³-hybridized carbons (Fsp3) is 1.00. The molecule has 0 aliphatic rings. The van der Waals surface area contributed by atoms with Crippen LogP contribution in [-0.2, 0) is 13.3 Å². The number of rotatable bonds is 13. The van der Waals surface area contributed by atoms with E-state index in [-0.39, 0.29) is 0 Å². The van der Waals surface area contributed by atoms with E-state index < -0.39 is 8.80 Å². The van der Waals surface area contributed by atoms with Gasteiger partial charge in [0.15, 0.2) is 0 Å². The molecule has 0 rings (SSSR count).